The summed E-state index contributed by atoms with van der Waals surface area (Å²) in [6.07, 6.45) is 3.42. The van der Waals surface area contributed by atoms with Crippen LogP contribution in [0.25, 0.3) is 11.0 Å². The SMILES string of the molecule is CCCCCCN(C(=O)c1cc2cccc(OC)c2o1)[C@@H]1CC(C(=O)NCCO)=C[C@H](Oc2ccccc2I)[C@H]1O. The first-order chi connectivity index (χ1) is 19.9. The normalized spacial score (nSPS) is 18.6. The highest BCUT2D eigenvalue weighted by atomic mass is 127. The summed E-state index contributed by atoms with van der Waals surface area (Å²) in [4.78, 5) is 28.7. The Kier molecular flexibility index (Phi) is 11.1. The lowest BCUT2D eigenvalue weighted by atomic mass is 9.87. The number of halogens is 1. The van der Waals surface area contributed by atoms with E-state index in [-0.39, 0.29) is 37.1 Å². The van der Waals surface area contributed by atoms with Crippen LogP contribution in [0.4, 0.5) is 0 Å². The van der Waals surface area contributed by atoms with E-state index in [0.717, 1.165) is 34.6 Å². The molecule has 10 heteroatoms. The molecule has 0 saturated heterocycles. The van der Waals surface area contributed by atoms with Gasteiger partial charge in [-0.25, -0.2) is 0 Å². The van der Waals surface area contributed by atoms with Crippen molar-refractivity contribution in [1.82, 2.24) is 10.2 Å². The van der Waals surface area contributed by atoms with E-state index in [1.807, 2.05) is 30.3 Å². The Morgan fingerprint density at radius 1 is 1.12 bits per heavy atom. The number of hydrogen-bond acceptors (Lipinski definition) is 7. The third-order valence-electron chi connectivity index (χ3n) is 7.17. The molecule has 1 aromatic heterocycles. The van der Waals surface area contributed by atoms with E-state index in [9.17, 15) is 19.8 Å². The van der Waals surface area contributed by atoms with Gasteiger partial charge in [0.05, 0.1) is 23.3 Å². The zero-order chi connectivity index (χ0) is 29.4. The van der Waals surface area contributed by atoms with Crippen LogP contribution in [0.2, 0.25) is 0 Å². The molecule has 41 heavy (non-hydrogen) atoms. The van der Waals surface area contributed by atoms with Gasteiger partial charge in [-0.2, -0.15) is 0 Å². The largest absolute Gasteiger partial charge is 0.493 e. The molecule has 0 fully saturated rings. The quantitative estimate of drug-likeness (QED) is 0.178. The second-order valence-electron chi connectivity index (χ2n) is 9.99. The number of para-hydroxylation sites is 2. The number of carbonyl (C=O) groups excluding carboxylic acids is 2. The van der Waals surface area contributed by atoms with Crippen molar-refractivity contribution in [3.05, 3.63) is 69.5 Å². The van der Waals surface area contributed by atoms with Gasteiger partial charge in [0.25, 0.3) is 5.91 Å². The Labute approximate surface area is 253 Å². The zero-order valence-corrected chi connectivity index (χ0v) is 25.5. The minimum Gasteiger partial charge on any atom is -0.493 e. The van der Waals surface area contributed by atoms with E-state index in [1.165, 1.54) is 0 Å². The van der Waals surface area contributed by atoms with Gasteiger partial charge in [0, 0.05) is 30.5 Å². The van der Waals surface area contributed by atoms with E-state index >= 15 is 0 Å². The van der Waals surface area contributed by atoms with Gasteiger partial charge in [-0.15, -0.1) is 0 Å². The van der Waals surface area contributed by atoms with Gasteiger partial charge in [0.15, 0.2) is 17.1 Å². The molecule has 2 aromatic carbocycles. The summed E-state index contributed by atoms with van der Waals surface area (Å²) in [6, 6.07) is 13.8. The van der Waals surface area contributed by atoms with Crippen LogP contribution in [-0.4, -0.2) is 72.0 Å². The number of fused-ring (bicyclic) bond motifs is 1. The molecule has 1 aliphatic rings. The second kappa shape index (κ2) is 14.7. The predicted molar refractivity (Wildman–Crippen MR) is 164 cm³/mol. The number of methoxy groups -OCH3 is 1. The van der Waals surface area contributed by atoms with Crippen LogP contribution in [0.3, 0.4) is 0 Å². The Morgan fingerprint density at radius 3 is 2.63 bits per heavy atom. The lowest BCUT2D eigenvalue weighted by molar-refractivity contribution is -0.118. The average molecular weight is 677 g/mol. The van der Waals surface area contributed by atoms with Crippen molar-refractivity contribution in [2.24, 2.45) is 0 Å². The summed E-state index contributed by atoms with van der Waals surface area (Å²) in [5.41, 5.74) is 0.847. The molecule has 0 radical (unpaired) electrons. The summed E-state index contributed by atoms with van der Waals surface area (Å²) in [6.45, 7) is 2.37. The monoisotopic (exact) mass is 676 g/mol. The minimum atomic E-state index is -1.12. The van der Waals surface area contributed by atoms with Crippen molar-refractivity contribution in [2.75, 3.05) is 26.8 Å². The second-order valence-corrected chi connectivity index (χ2v) is 11.2. The number of furan rings is 1. The van der Waals surface area contributed by atoms with Crippen molar-refractivity contribution in [1.29, 1.82) is 0 Å². The Hall–Kier alpha value is -3.09. The topological polar surface area (TPSA) is 121 Å². The molecule has 3 N–H and O–H groups in total. The molecule has 1 aliphatic carbocycles. The van der Waals surface area contributed by atoms with Gasteiger partial charge >= 0.3 is 0 Å². The molecule has 1 heterocycles. The van der Waals surface area contributed by atoms with Crippen molar-refractivity contribution in [2.45, 2.75) is 57.3 Å². The number of aliphatic hydroxyl groups is 2. The van der Waals surface area contributed by atoms with Crippen LogP contribution >= 0.6 is 22.6 Å². The maximum atomic E-state index is 14.1. The molecule has 0 bridgehead atoms. The Bertz CT molecular complexity index is 1370. The van der Waals surface area contributed by atoms with Crippen LogP contribution in [-0.2, 0) is 4.79 Å². The van der Waals surface area contributed by atoms with Crippen LogP contribution in [0.5, 0.6) is 11.5 Å². The molecule has 0 spiro atoms. The standard InChI is InChI=1S/C31H37IN2O7/c1-3-4-5-8-15-34(31(38)27-18-20-10-9-13-25(39-2)29(20)41-27)23-17-21(30(37)33-14-16-35)19-26(28(23)36)40-24-12-7-6-11-22(24)32/h6-7,9-13,18-19,23,26,28,35-36H,3-5,8,14-17H2,1-2H3,(H,33,37)/t23-,26+,28+/m1/s1. The fourth-order valence-electron chi connectivity index (χ4n) is 5.04. The van der Waals surface area contributed by atoms with E-state index in [0.29, 0.717) is 29.2 Å². The van der Waals surface area contributed by atoms with Gasteiger partial charge in [-0.3, -0.25) is 9.59 Å². The van der Waals surface area contributed by atoms with Crippen molar-refractivity contribution >= 4 is 45.4 Å². The fraction of sp³-hybridized carbons (Fsp3) is 0.419. The molecule has 3 aromatic rings. The maximum Gasteiger partial charge on any atom is 0.289 e. The number of unbranched alkanes of at least 4 members (excludes halogenated alkanes) is 3. The number of rotatable bonds is 13. The number of benzene rings is 2. The molecule has 2 amide bonds. The number of aliphatic hydroxyl groups excluding tert-OH is 2. The van der Waals surface area contributed by atoms with Crippen molar-refractivity contribution in [3.8, 4) is 11.5 Å². The molecule has 0 unspecified atom stereocenters. The van der Waals surface area contributed by atoms with Crippen LogP contribution < -0.4 is 14.8 Å². The zero-order valence-electron chi connectivity index (χ0n) is 23.3. The van der Waals surface area contributed by atoms with Gasteiger partial charge in [-0.05, 0) is 59.4 Å². The van der Waals surface area contributed by atoms with E-state index < -0.39 is 18.2 Å². The summed E-state index contributed by atoms with van der Waals surface area (Å²) in [5, 5.41) is 24.3. The minimum absolute atomic E-state index is 0.0893. The fourth-order valence-corrected chi connectivity index (χ4v) is 5.55. The van der Waals surface area contributed by atoms with Crippen LogP contribution in [0.15, 0.2) is 64.6 Å². The average Bonchev–Trinajstić information content (AvgIpc) is 3.43. The molecule has 0 aliphatic heterocycles. The highest BCUT2D eigenvalue weighted by Crippen LogP contribution is 2.33. The van der Waals surface area contributed by atoms with Crippen molar-refractivity contribution in [3.63, 3.8) is 0 Å². The van der Waals surface area contributed by atoms with Crippen molar-refractivity contribution < 1.29 is 33.7 Å². The van der Waals surface area contributed by atoms with E-state index in [1.54, 1.807) is 36.3 Å². The summed E-state index contributed by atoms with van der Waals surface area (Å²) in [7, 11) is 1.54. The molecular weight excluding hydrogens is 639 g/mol. The number of hydrogen-bond donors (Lipinski definition) is 3. The third-order valence-corrected chi connectivity index (χ3v) is 8.06. The molecule has 9 nitrogen and oxygen atoms in total. The molecule has 3 atom stereocenters. The molecule has 4 rings (SSSR count). The predicted octanol–water partition coefficient (Wildman–Crippen LogP) is 4.68. The third kappa shape index (κ3) is 7.41. The first-order valence-corrected chi connectivity index (χ1v) is 15.0. The van der Waals surface area contributed by atoms with Gasteiger partial charge < -0.3 is 34.3 Å². The van der Waals surface area contributed by atoms with Crippen LogP contribution in [0, 0.1) is 3.57 Å². The Morgan fingerprint density at radius 2 is 1.90 bits per heavy atom. The summed E-state index contributed by atoms with van der Waals surface area (Å²) in [5.74, 6) is 0.455. The lowest BCUT2D eigenvalue weighted by Crippen LogP contribution is -2.55. The first-order valence-electron chi connectivity index (χ1n) is 13.9. The lowest BCUT2D eigenvalue weighted by Gasteiger charge is -2.40. The first kappa shape index (κ1) is 30.9. The van der Waals surface area contributed by atoms with Gasteiger partial charge in [0.2, 0.25) is 5.91 Å². The highest BCUT2D eigenvalue weighted by Gasteiger charge is 2.41. The number of carbonyl (C=O) groups is 2. The summed E-state index contributed by atoms with van der Waals surface area (Å²) < 4.78 is 18.5. The maximum absolute atomic E-state index is 14.1. The Balaban J connectivity index is 1.70. The smallest absolute Gasteiger partial charge is 0.289 e. The molecular formula is C31H37IN2O7. The van der Waals surface area contributed by atoms with Crippen LogP contribution in [0.1, 0.15) is 49.6 Å². The molecule has 220 valence electrons. The van der Waals surface area contributed by atoms with E-state index in [2.05, 4.69) is 34.8 Å². The van der Waals surface area contributed by atoms with Gasteiger partial charge in [-0.1, -0.05) is 50.5 Å². The number of ether oxygens (including phenoxy) is 2. The number of nitrogens with zero attached hydrogens (tertiary/aromatic N) is 1. The highest BCUT2D eigenvalue weighted by molar-refractivity contribution is 14.1. The summed E-state index contributed by atoms with van der Waals surface area (Å²) >= 11 is 2.15. The number of nitrogens with one attached hydrogen (secondary N) is 1. The van der Waals surface area contributed by atoms with Gasteiger partial charge in [0.1, 0.15) is 18.0 Å². The number of amides is 2. The van der Waals surface area contributed by atoms with E-state index in [4.69, 9.17) is 13.9 Å². The molecule has 0 saturated carbocycles.